The second kappa shape index (κ2) is 4.08. The Labute approximate surface area is 75.6 Å². The average molecular weight is 184 g/mol. The van der Waals surface area contributed by atoms with Gasteiger partial charge in [-0.3, -0.25) is 0 Å². The van der Waals surface area contributed by atoms with E-state index in [4.69, 9.17) is 18.2 Å². The van der Waals surface area contributed by atoms with Gasteiger partial charge >= 0.3 is 0 Å². The van der Waals surface area contributed by atoms with E-state index >= 15 is 0 Å². The van der Waals surface area contributed by atoms with Gasteiger partial charge in [0.05, 0.1) is 0 Å². The van der Waals surface area contributed by atoms with Crippen molar-refractivity contribution < 1.29 is 4.39 Å². The summed E-state index contributed by atoms with van der Waals surface area (Å²) in [6.45, 7) is 6.83. The van der Waals surface area contributed by atoms with Gasteiger partial charge in [0.2, 0.25) is 6.54 Å². The Morgan fingerprint density at radius 2 is 2.25 bits per heavy atom. The minimum Gasteiger partial charge on any atom is -0.317 e. The van der Waals surface area contributed by atoms with Crippen molar-refractivity contribution in [3.05, 3.63) is 46.0 Å². The Bertz CT molecular complexity index is 297. The van der Waals surface area contributed by atoms with Crippen molar-refractivity contribution in [3.63, 3.8) is 0 Å². The molecule has 1 rings (SSSR count). The van der Waals surface area contributed by atoms with Crippen LogP contribution >= 0.6 is 11.6 Å². The lowest BCUT2D eigenvalue weighted by Gasteiger charge is -2.00. The van der Waals surface area contributed by atoms with Crippen molar-refractivity contribution in [3.8, 4) is 0 Å². The second-order valence-corrected chi connectivity index (χ2v) is 2.74. The topological polar surface area (TPSA) is 4.36 Å². The van der Waals surface area contributed by atoms with E-state index in [0.29, 0.717) is 17.0 Å². The fourth-order valence-electron chi connectivity index (χ4n) is 0.939. The number of hydrogen-bond donors (Lipinski definition) is 0. The standard InChI is InChI=1S/C9H7ClFN/c1-12-6-5-7-8(10)3-2-4-9(7)11/h2-4H,5-6H2. The van der Waals surface area contributed by atoms with Gasteiger partial charge < -0.3 is 4.85 Å². The third kappa shape index (κ3) is 1.96. The van der Waals surface area contributed by atoms with Crippen LogP contribution in [0.15, 0.2) is 18.2 Å². The van der Waals surface area contributed by atoms with Crippen LogP contribution in [0.3, 0.4) is 0 Å². The Balaban J connectivity index is 2.90. The molecule has 0 aliphatic heterocycles. The van der Waals surface area contributed by atoms with E-state index in [1.54, 1.807) is 12.1 Å². The molecule has 1 aromatic rings. The first kappa shape index (κ1) is 9.02. The molecule has 0 heterocycles. The minimum absolute atomic E-state index is 0.278. The molecular weight excluding hydrogens is 177 g/mol. The monoisotopic (exact) mass is 183 g/mol. The van der Waals surface area contributed by atoms with Gasteiger partial charge in [-0.25, -0.2) is 11.0 Å². The number of halogens is 2. The molecule has 0 atom stereocenters. The maximum absolute atomic E-state index is 13.0. The van der Waals surface area contributed by atoms with Crippen LogP contribution in [-0.4, -0.2) is 6.54 Å². The van der Waals surface area contributed by atoms with Crippen LogP contribution in [0.4, 0.5) is 4.39 Å². The molecule has 0 spiro atoms. The highest BCUT2D eigenvalue weighted by atomic mass is 35.5. The largest absolute Gasteiger partial charge is 0.317 e. The van der Waals surface area contributed by atoms with Gasteiger partial charge in [-0.1, -0.05) is 17.7 Å². The highest BCUT2D eigenvalue weighted by molar-refractivity contribution is 6.31. The van der Waals surface area contributed by atoms with Crippen LogP contribution in [0.2, 0.25) is 5.02 Å². The third-order valence-electron chi connectivity index (χ3n) is 1.54. The summed E-state index contributed by atoms with van der Waals surface area (Å²) in [5.74, 6) is -0.328. The normalized spacial score (nSPS) is 9.42. The van der Waals surface area contributed by atoms with E-state index in [1.165, 1.54) is 6.07 Å². The summed E-state index contributed by atoms with van der Waals surface area (Å²) in [7, 11) is 0. The van der Waals surface area contributed by atoms with E-state index in [2.05, 4.69) is 4.85 Å². The lowest BCUT2D eigenvalue weighted by molar-refractivity contribution is 0.611. The Kier molecular flexibility index (Phi) is 3.07. The van der Waals surface area contributed by atoms with Crippen molar-refractivity contribution >= 4 is 11.6 Å². The Hall–Kier alpha value is -1.07. The summed E-state index contributed by atoms with van der Waals surface area (Å²) < 4.78 is 13.0. The molecule has 1 aromatic carbocycles. The van der Waals surface area contributed by atoms with Crippen molar-refractivity contribution in [1.29, 1.82) is 0 Å². The molecule has 0 fully saturated rings. The Morgan fingerprint density at radius 3 is 2.83 bits per heavy atom. The first-order valence-corrected chi connectivity index (χ1v) is 3.89. The molecule has 0 aliphatic rings. The van der Waals surface area contributed by atoms with Crippen molar-refractivity contribution in [1.82, 2.24) is 0 Å². The molecular formula is C9H7ClFN. The summed E-state index contributed by atoms with van der Waals surface area (Å²) in [5, 5.41) is 0.402. The fraction of sp³-hybridized carbons (Fsp3) is 0.222. The van der Waals surface area contributed by atoms with Gasteiger partial charge in [-0.2, -0.15) is 0 Å². The zero-order valence-corrected chi connectivity index (χ0v) is 7.11. The summed E-state index contributed by atoms with van der Waals surface area (Å²) >= 11 is 5.72. The zero-order valence-electron chi connectivity index (χ0n) is 6.35. The predicted molar refractivity (Wildman–Crippen MR) is 46.6 cm³/mol. The first-order valence-electron chi connectivity index (χ1n) is 3.52. The first-order chi connectivity index (χ1) is 5.75. The molecule has 12 heavy (non-hydrogen) atoms. The molecule has 0 N–H and O–H groups in total. The predicted octanol–water partition coefficient (Wildman–Crippen LogP) is 2.94. The second-order valence-electron chi connectivity index (χ2n) is 2.33. The molecule has 0 amide bonds. The maximum Gasteiger partial charge on any atom is 0.218 e. The summed E-state index contributed by atoms with van der Waals surface area (Å²) in [5.41, 5.74) is 0.440. The Morgan fingerprint density at radius 1 is 1.50 bits per heavy atom. The maximum atomic E-state index is 13.0. The molecule has 0 saturated heterocycles. The summed E-state index contributed by atoms with van der Waals surface area (Å²) in [6.07, 6.45) is 0.384. The lowest BCUT2D eigenvalue weighted by atomic mass is 10.1. The SMILES string of the molecule is [C-]#[N+]CCc1c(F)cccc1Cl. The van der Waals surface area contributed by atoms with Gasteiger partial charge in [0, 0.05) is 17.0 Å². The van der Waals surface area contributed by atoms with Gasteiger partial charge in [-0.15, -0.1) is 0 Å². The van der Waals surface area contributed by atoms with Gasteiger partial charge in [0.15, 0.2) is 0 Å². The van der Waals surface area contributed by atoms with Crippen LogP contribution in [0.25, 0.3) is 4.85 Å². The van der Waals surface area contributed by atoms with Gasteiger partial charge in [0.25, 0.3) is 0 Å². The van der Waals surface area contributed by atoms with Gasteiger partial charge in [0.1, 0.15) is 5.82 Å². The van der Waals surface area contributed by atoms with Gasteiger partial charge in [-0.05, 0) is 12.1 Å². The lowest BCUT2D eigenvalue weighted by Crippen LogP contribution is -1.93. The molecule has 0 aromatic heterocycles. The fourth-order valence-corrected chi connectivity index (χ4v) is 1.20. The van der Waals surface area contributed by atoms with E-state index < -0.39 is 0 Å². The number of hydrogen-bond acceptors (Lipinski definition) is 0. The van der Waals surface area contributed by atoms with E-state index in [-0.39, 0.29) is 12.4 Å². The number of benzene rings is 1. The average Bonchev–Trinajstić information content (AvgIpc) is 2.04. The van der Waals surface area contributed by atoms with Crippen LogP contribution < -0.4 is 0 Å². The molecule has 62 valence electrons. The molecule has 0 saturated carbocycles. The summed E-state index contributed by atoms with van der Waals surface area (Å²) in [4.78, 5) is 3.14. The molecule has 1 nitrogen and oxygen atoms in total. The van der Waals surface area contributed by atoms with Crippen molar-refractivity contribution in [2.45, 2.75) is 6.42 Å². The zero-order chi connectivity index (χ0) is 8.97. The number of rotatable bonds is 2. The van der Waals surface area contributed by atoms with E-state index in [1.807, 2.05) is 0 Å². The highest BCUT2D eigenvalue weighted by Crippen LogP contribution is 2.19. The van der Waals surface area contributed by atoms with Crippen molar-refractivity contribution in [2.24, 2.45) is 0 Å². The quantitative estimate of drug-likeness (QED) is 0.621. The summed E-state index contributed by atoms with van der Waals surface area (Å²) in [6, 6.07) is 4.54. The van der Waals surface area contributed by atoms with Crippen LogP contribution in [0.1, 0.15) is 5.56 Å². The molecule has 0 radical (unpaired) electrons. The minimum atomic E-state index is -0.328. The third-order valence-corrected chi connectivity index (χ3v) is 1.89. The van der Waals surface area contributed by atoms with Crippen LogP contribution in [0, 0.1) is 12.4 Å². The smallest absolute Gasteiger partial charge is 0.218 e. The van der Waals surface area contributed by atoms with E-state index in [0.717, 1.165) is 0 Å². The van der Waals surface area contributed by atoms with E-state index in [9.17, 15) is 4.39 Å². The molecule has 0 unspecified atom stereocenters. The molecule has 0 aliphatic carbocycles. The number of nitrogens with zero attached hydrogens (tertiary/aromatic N) is 1. The van der Waals surface area contributed by atoms with Crippen LogP contribution in [0.5, 0.6) is 0 Å². The highest BCUT2D eigenvalue weighted by Gasteiger charge is 2.06. The molecule has 0 bridgehead atoms. The molecule has 3 heteroatoms. The van der Waals surface area contributed by atoms with Crippen molar-refractivity contribution in [2.75, 3.05) is 6.54 Å². The van der Waals surface area contributed by atoms with Crippen LogP contribution in [-0.2, 0) is 6.42 Å².